The third kappa shape index (κ3) is 6.43. The fourth-order valence-corrected chi connectivity index (χ4v) is 6.81. The van der Waals surface area contributed by atoms with E-state index < -0.39 is 5.97 Å². The summed E-state index contributed by atoms with van der Waals surface area (Å²) in [4.78, 5) is 36.5. The van der Waals surface area contributed by atoms with Crippen LogP contribution in [0.3, 0.4) is 0 Å². The standard InChI is InChI=1S/C32H44N4O4/c1-4-29-24(11-14-30(33-29)40-28-12-9-23(10-13-28)31(37)38)20-34-17-15-26(16-18-34)36-27(19-22(2)3)21-35(32(36)39)25-7-5-6-8-25/h9-14,22,25-27H,4-8,15-21H2,1-3H3,(H,37,38). The zero-order valence-electron chi connectivity index (χ0n) is 24.2. The molecule has 1 unspecified atom stereocenters. The molecular formula is C32H44N4O4. The Morgan fingerprint density at radius 3 is 2.35 bits per heavy atom. The zero-order chi connectivity index (χ0) is 28.2. The van der Waals surface area contributed by atoms with Gasteiger partial charge in [0.25, 0.3) is 0 Å². The number of carboxylic acid groups (broad SMARTS) is 1. The minimum Gasteiger partial charge on any atom is -0.478 e. The number of likely N-dealkylation sites (tertiary alicyclic amines) is 1. The number of carboxylic acids is 1. The molecule has 8 heteroatoms. The second kappa shape index (κ2) is 12.6. The van der Waals surface area contributed by atoms with Gasteiger partial charge in [0, 0.05) is 50.0 Å². The van der Waals surface area contributed by atoms with Crippen LogP contribution in [-0.4, -0.2) is 74.6 Å². The molecule has 2 aliphatic heterocycles. The van der Waals surface area contributed by atoms with Crippen molar-refractivity contribution < 1.29 is 19.4 Å². The minimum absolute atomic E-state index is 0.226. The van der Waals surface area contributed by atoms with Crippen molar-refractivity contribution in [3.05, 3.63) is 53.2 Å². The number of rotatable bonds is 10. The van der Waals surface area contributed by atoms with E-state index in [0.29, 0.717) is 41.7 Å². The predicted molar refractivity (Wildman–Crippen MR) is 155 cm³/mol. The molecular weight excluding hydrogens is 504 g/mol. The van der Waals surface area contributed by atoms with Crippen LogP contribution in [0.4, 0.5) is 4.79 Å². The molecule has 0 radical (unpaired) electrons. The summed E-state index contributed by atoms with van der Waals surface area (Å²) in [6.07, 6.45) is 8.76. The topological polar surface area (TPSA) is 86.2 Å². The molecule has 2 aromatic rings. The monoisotopic (exact) mass is 548 g/mol. The number of aromatic carboxylic acids is 1. The molecule has 2 saturated heterocycles. The molecule has 8 nitrogen and oxygen atoms in total. The SMILES string of the molecule is CCc1nc(Oc2ccc(C(=O)O)cc2)ccc1CN1CCC(N2C(=O)N(C3CCCC3)CC2CC(C)C)CC1. The molecule has 0 bridgehead atoms. The molecule has 1 aromatic heterocycles. The van der Waals surface area contributed by atoms with Crippen LogP contribution in [0.2, 0.25) is 0 Å². The smallest absolute Gasteiger partial charge is 0.335 e. The van der Waals surface area contributed by atoms with Crippen molar-refractivity contribution in [2.75, 3.05) is 19.6 Å². The zero-order valence-corrected chi connectivity index (χ0v) is 24.2. The third-order valence-electron chi connectivity index (χ3n) is 8.82. The number of amides is 2. The lowest BCUT2D eigenvalue weighted by molar-refractivity contribution is 0.0696. The van der Waals surface area contributed by atoms with Crippen molar-refractivity contribution in [1.29, 1.82) is 0 Å². The van der Waals surface area contributed by atoms with Gasteiger partial charge in [0.1, 0.15) is 5.75 Å². The molecule has 1 atom stereocenters. The van der Waals surface area contributed by atoms with E-state index in [4.69, 9.17) is 14.8 Å². The maximum atomic E-state index is 13.6. The fraction of sp³-hybridized carbons (Fsp3) is 0.594. The molecule has 3 heterocycles. The summed E-state index contributed by atoms with van der Waals surface area (Å²) >= 11 is 0. The molecule has 1 saturated carbocycles. The van der Waals surface area contributed by atoms with Crippen LogP contribution in [0.5, 0.6) is 11.6 Å². The van der Waals surface area contributed by atoms with Crippen molar-refractivity contribution in [2.45, 2.75) is 96.8 Å². The van der Waals surface area contributed by atoms with Gasteiger partial charge in [-0.2, -0.15) is 0 Å². The van der Waals surface area contributed by atoms with E-state index in [1.165, 1.54) is 43.4 Å². The second-order valence-electron chi connectivity index (χ2n) is 12.1. The fourth-order valence-electron chi connectivity index (χ4n) is 6.81. The number of aromatic nitrogens is 1. The summed E-state index contributed by atoms with van der Waals surface area (Å²) in [5, 5.41) is 9.10. The Bertz CT molecular complexity index is 1170. The van der Waals surface area contributed by atoms with Gasteiger partial charge >= 0.3 is 12.0 Å². The molecule has 3 fully saturated rings. The maximum Gasteiger partial charge on any atom is 0.335 e. The van der Waals surface area contributed by atoms with Crippen LogP contribution in [0, 0.1) is 5.92 Å². The van der Waals surface area contributed by atoms with Crippen LogP contribution in [0.15, 0.2) is 36.4 Å². The molecule has 216 valence electrons. The molecule has 2 amide bonds. The van der Waals surface area contributed by atoms with Gasteiger partial charge in [-0.3, -0.25) is 4.90 Å². The number of carbonyl (C=O) groups excluding carboxylic acids is 1. The van der Waals surface area contributed by atoms with Crippen LogP contribution in [-0.2, 0) is 13.0 Å². The van der Waals surface area contributed by atoms with Crippen LogP contribution < -0.4 is 4.74 Å². The van der Waals surface area contributed by atoms with E-state index in [1.807, 2.05) is 6.07 Å². The lowest BCUT2D eigenvalue weighted by atomic mass is 9.97. The molecule has 1 N–H and O–H groups in total. The summed E-state index contributed by atoms with van der Waals surface area (Å²) in [7, 11) is 0. The number of aryl methyl sites for hydroxylation is 1. The van der Waals surface area contributed by atoms with Gasteiger partial charge in [0.15, 0.2) is 0 Å². The molecule has 40 heavy (non-hydrogen) atoms. The number of piperidine rings is 1. The molecule has 1 aromatic carbocycles. The first-order chi connectivity index (χ1) is 19.3. The molecule has 3 aliphatic rings. The van der Waals surface area contributed by atoms with Gasteiger partial charge < -0.3 is 19.6 Å². The van der Waals surface area contributed by atoms with E-state index in [2.05, 4.69) is 41.5 Å². The van der Waals surface area contributed by atoms with Crippen LogP contribution in [0.25, 0.3) is 0 Å². The first-order valence-electron chi connectivity index (χ1n) is 15.1. The van der Waals surface area contributed by atoms with E-state index in [1.54, 1.807) is 12.1 Å². The van der Waals surface area contributed by atoms with Gasteiger partial charge in [-0.05, 0) is 74.3 Å². The van der Waals surface area contributed by atoms with Crippen molar-refractivity contribution in [1.82, 2.24) is 19.7 Å². The number of pyridine rings is 1. The highest BCUT2D eigenvalue weighted by molar-refractivity contribution is 5.87. The maximum absolute atomic E-state index is 13.6. The van der Waals surface area contributed by atoms with Gasteiger partial charge in [0.2, 0.25) is 5.88 Å². The van der Waals surface area contributed by atoms with E-state index in [-0.39, 0.29) is 5.56 Å². The number of nitrogens with zero attached hydrogens (tertiary/aromatic N) is 4. The average molecular weight is 549 g/mol. The van der Waals surface area contributed by atoms with Crippen molar-refractivity contribution in [2.24, 2.45) is 5.92 Å². The Morgan fingerprint density at radius 2 is 1.73 bits per heavy atom. The number of hydrogen-bond donors (Lipinski definition) is 1. The van der Waals surface area contributed by atoms with Crippen molar-refractivity contribution >= 4 is 12.0 Å². The highest BCUT2D eigenvalue weighted by Crippen LogP contribution is 2.34. The Morgan fingerprint density at radius 1 is 1.02 bits per heavy atom. The highest BCUT2D eigenvalue weighted by Gasteiger charge is 2.44. The number of ether oxygens (including phenoxy) is 1. The van der Waals surface area contributed by atoms with Crippen LogP contribution >= 0.6 is 0 Å². The summed E-state index contributed by atoms with van der Waals surface area (Å²) < 4.78 is 5.91. The lowest BCUT2D eigenvalue weighted by Gasteiger charge is -2.39. The number of urea groups is 1. The van der Waals surface area contributed by atoms with Gasteiger partial charge in [-0.15, -0.1) is 0 Å². The number of carbonyl (C=O) groups is 2. The average Bonchev–Trinajstić information content (AvgIpc) is 3.58. The summed E-state index contributed by atoms with van der Waals surface area (Å²) in [5.74, 6) is 0.700. The molecule has 5 rings (SSSR count). The first kappa shape index (κ1) is 28.4. The van der Waals surface area contributed by atoms with E-state index in [0.717, 1.165) is 57.6 Å². The number of hydrogen-bond acceptors (Lipinski definition) is 5. The Labute approximate surface area is 238 Å². The predicted octanol–water partition coefficient (Wildman–Crippen LogP) is 6.19. The minimum atomic E-state index is -0.959. The van der Waals surface area contributed by atoms with E-state index in [9.17, 15) is 9.59 Å². The van der Waals surface area contributed by atoms with Crippen molar-refractivity contribution in [3.63, 3.8) is 0 Å². The second-order valence-corrected chi connectivity index (χ2v) is 12.1. The van der Waals surface area contributed by atoms with Gasteiger partial charge in [0.05, 0.1) is 11.6 Å². The largest absolute Gasteiger partial charge is 0.478 e. The summed E-state index contributed by atoms with van der Waals surface area (Å²) in [5.41, 5.74) is 2.45. The highest BCUT2D eigenvalue weighted by atomic mass is 16.5. The van der Waals surface area contributed by atoms with Crippen LogP contribution in [0.1, 0.15) is 87.3 Å². The lowest BCUT2D eigenvalue weighted by Crippen LogP contribution is -2.49. The van der Waals surface area contributed by atoms with Gasteiger partial charge in [-0.1, -0.05) is 39.7 Å². The molecule has 0 spiro atoms. The summed E-state index contributed by atoms with van der Waals surface area (Å²) in [6.45, 7) is 10.3. The Kier molecular flexibility index (Phi) is 8.94. The summed E-state index contributed by atoms with van der Waals surface area (Å²) in [6, 6.07) is 11.8. The van der Waals surface area contributed by atoms with Gasteiger partial charge in [-0.25, -0.2) is 14.6 Å². The van der Waals surface area contributed by atoms with E-state index >= 15 is 0 Å². The third-order valence-corrected chi connectivity index (χ3v) is 8.82. The Hall–Kier alpha value is -3.13. The number of benzene rings is 1. The first-order valence-corrected chi connectivity index (χ1v) is 15.1. The molecule has 1 aliphatic carbocycles. The normalized spacial score (nSPS) is 21.1. The van der Waals surface area contributed by atoms with Crippen molar-refractivity contribution in [3.8, 4) is 11.6 Å². The Balaban J connectivity index is 1.19. The quantitative estimate of drug-likeness (QED) is 0.381.